The van der Waals surface area contributed by atoms with Crippen LogP contribution >= 0.6 is 0 Å². The fourth-order valence-corrected chi connectivity index (χ4v) is 4.37. The summed E-state index contributed by atoms with van der Waals surface area (Å²) >= 11 is 0. The van der Waals surface area contributed by atoms with Gasteiger partial charge in [-0.3, -0.25) is 19.4 Å². The Morgan fingerprint density at radius 1 is 0.719 bits per heavy atom. The molecule has 10 nitrogen and oxygen atoms in total. The lowest BCUT2D eigenvalue weighted by molar-refractivity contribution is -0.120. The lowest BCUT2D eigenvalue weighted by Gasteiger charge is -2.16. The first-order valence-corrected chi connectivity index (χ1v) is 11.5. The maximum atomic E-state index is 11.9. The molecule has 10 heteroatoms. The zero-order valence-corrected chi connectivity index (χ0v) is 18.8. The number of nitrogens with zero attached hydrogens (tertiary/aromatic N) is 6. The molecule has 172 valence electrons. The molecule has 2 saturated carbocycles. The van der Waals surface area contributed by atoms with E-state index in [-0.39, 0.29) is 11.8 Å². The summed E-state index contributed by atoms with van der Waals surface area (Å²) < 4.78 is 3.83. The van der Waals surface area contributed by atoms with Gasteiger partial charge in [0.1, 0.15) is 11.6 Å². The van der Waals surface area contributed by atoms with E-state index in [1.165, 1.54) is 25.7 Å². The van der Waals surface area contributed by atoms with E-state index in [0.29, 0.717) is 24.7 Å². The predicted molar refractivity (Wildman–Crippen MR) is 120 cm³/mol. The molecule has 2 amide bonds. The Kier molecular flexibility index (Phi) is 5.29. The van der Waals surface area contributed by atoms with Gasteiger partial charge in [0.2, 0.25) is 11.8 Å². The molecule has 0 saturated heterocycles. The van der Waals surface area contributed by atoms with Crippen LogP contribution in [0.3, 0.4) is 0 Å². The minimum Gasteiger partial charge on any atom is -0.320 e. The summed E-state index contributed by atoms with van der Waals surface area (Å²) in [6, 6.07) is 3.29. The summed E-state index contributed by atoms with van der Waals surface area (Å²) in [6.45, 7) is 1.47. The number of hydrogen-bond donors (Lipinski definition) is 2. The molecule has 2 aromatic rings. The molecule has 0 aromatic carbocycles. The SMILES string of the molecule is CN1C(=O)[C@@H](N)CCn2nc(C3CC3)cc21.CN1C(=O)[C@H](N)CCn2nc(C3CC3)cc21. The van der Waals surface area contributed by atoms with Crippen LogP contribution in [0.25, 0.3) is 0 Å². The summed E-state index contributed by atoms with van der Waals surface area (Å²) in [5.74, 6) is 3.00. The molecule has 2 aromatic heterocycles. The van der Waals surface area contributed by atoms with Crippen molar-refractivity contribution in [2.75, 3.05) is 23.9 Å². The van der Waals surface area contributed by atoms with E-state index in [9.17, 15) is 9.59 Å². The van der Waals surface area contributed by atoms with E-state index in [4.69, 9.17) is 11.5 Å². The molecule has 32 heavy (non-hydrogen) atoms. The molecule has 2 atom stereocenters. The van der Waals surface area contributed by atoms with Crippen LogP contribution in [0.5, 0.6) is 0 Å². The van der Waals surface area contributed by atoms with Crippen LogP contribution in [-0.4, -0.2) is 57.6 Å². The minimum atomic E-state index is -0.393. The third-order valence-corrected chi connectivity index (χ3v) is 6.83. The number of likely N-dealkylation sites (N-methyl/N-ethyl adjacent to an activating group) is 2. The van der Waals surface area contributed by atoms with Crippen molar-refractivity contribution in [2.45, 2.75) is 75.5 Å². The summed E-state index contributed by atoms with van der Waals surface area (Å²) in [7, 11) is 3.55. The third-order valence-electron chi connectivity index (χ3n) is 6.83. The first kappa shape index (κ1) is 21.1. The van der Waals surface area contributed by atoms with Crippen LogP contribution < -0.4 is 21.3 Å². The Bertz CT molecular complexity index is 953. The van der Waals surface area contributed by atoms with Gasteiger partial charge < -0.3 is 11.5 Å². The molecule has 2 fully saturated rings. The Hall–Kier alpha value is -2.72. The first-order chi connectivity index (χ1) is 15.3. The summed E-state index contributed by atoms with van der Waals surface area (Å²) in [4.78, 5) is 27.0. The zero-order valence-electron chi connectivity index (χ0n) is 18.8. The number of amides is 2. The number of fused-ring (bicyclic) bond motifs is 2. The van der Waals surface area contributed by atoms with Crippen LogP contribution in [0.1, 0.15) is 61.7 Å². The minimum absolute atomic E-state index is 0.0130. The Balaban J connectivity index is 0.000000135. The molecule has 0 radical (unpaired) electrons. The highest BCUT2D eigenvalue weighted by Gasteiger charge is 2.32. The van der Waals surface area contributed by atoms with Crippen molar-refractivity contribution < 1.29 is 9.59 Å². The van der Waals surface area contributed by atoms with Gasteiger partial charge in [-0.1, -0.05) is 0 Å². The van der Waals surface area contributed by atoms with Gasteiger partial charge in [-0.05, 0) is 38.5 Å². The maximum absolute atomic E-state index is 11.9. The van der Waals surface area contributed by atoms with Crippen LogP contribution in [0, 0.1) is 0 Å². The highest BCUT2D eigenvalue weighted by Crippen LogP contribution is 2.41. The third kappa shape index (κ3) is 3.93. The molecule has 2 aliphatic heterocycles. The number of carbonyl (C=O) groups excluding carboxylic acids is 2. The van der Waals surface area contributed by atoms with E-state index < -0.39 is 12.1 Å². The quantitative estimate of drug-likeness (QED) is 0.714. The second-order valence-electron chi connectivity index (χ2n) is 9.43. The van der Waals surface area contributed by atoms with Crippen LogP contribution in [0.2, 0.25) is 0 Å². The van der Waals surface area contributed by atoms with Crippen molar-refractivity contribution in [1.82, 2.24) is 19.6 Å². The number of aryl methyl sites for hydroxylation is 2. The van der Waals surface area contributed by atoms with Crippen LogP contribution in [0.15, 0.2) is 12.1 Å². The van der Waals surface area contributed by atoms with Crippen molar-refractivity contribution >= 4 is 23.5 Å². The van der Waals surface area contributed by atoms with Crippen molar-refractivity contribution in [3.8, 4) is 0 Å². The van der Waals surface area contributed by atoms with Crippen LogP contribution in [0.4, 0.5) is 11.6 Å². The average molecular weight is 441 g/mol. The fourth-order valence-electron chi connectivity index (χ4n) is 4.37. The average Bonchev–Trinajstić information content (AvgIpc) is 3.73. The van der Waals surface area contributed by atoms with Gasteiger partial charge in [-0.2, -0.15) is 10.2 Å². The molecule has 4 heterocycles. The van der Waals surface area contributed by atoms with E-state index >= 15 is 0 Å². The molecule has 2 aliphatic carbocycles. The second kappa shape index (κ2) is 8.00. The van der Waals surface area contributed by atoms with Crippen LogP contribution in [-0.2, 0) is 22.7 Å². The molecule has 4 aliphatic rings. The molecular weight excluding hydrogens is 408 g/mol. The van der Waals surface area contributed by atoms with E-state index in [1.54, 1.807) is 23.9 Å². The van der Waals surface area contributed by atoms with Gasteiger partial charge in [0.15, 0.2) is 0 Å². The highest BCUT2D eigenvalue weighted by molar-refractivity contribution is 5.96. The van der Waals surface area contributed by atoms with Gasteiger partial charge in [0, 0.05) is 51.2 Å². The largest absolute Gasteiger partial charge is 0.320 e. The summed E-state index contributed by atoms with van der Waals surface area (Å²) in [5.41, 5.74) is 13.8. The number of anilines is 2. The number of carbonyl (C=O) groups is 2. The van der Waals surface area contributed by atoms with Crippen molar-refractivity contribution in [3.05, 3.63) is 23.5 Å². The number of rotatable bonds is 2. The number of nitrogens with two attached hydrogens (primary N) is 2. The Labute approximate surface area is 187 Å². The molecule has 0 bridgehead atoms. The molecule has 6 rings (SSSR count). The van der Waals surface area contributed by atoms with Crippen molar-refractivity contribution in [3.63, 3.8) is 0 Å². The summed E-state index contributed by atoms with van der Waals surface area (Å²) in [6.07, 6.45) is 6.26. The standard InChI is InChI=1S/2C11H16N4O/c2*1-14-10-6-9(7-2-3-7)13-15(10)5-4-8(12)11(14)16/h2*6-8H,2-5,12H2,1H3/t2*8-/m10/s1. The van der Waals surface area contributed by atoms with Crippen molar-refractivity contribution in [1.29, 1.82) is 0 Å². The molecule has 0 spiro atoms. The van der Waals surface area contributed by atoms with Gasteiger partial charge in [0.05, 0.1) is 23.5 Å². The second-order valence-corrected chi connectivity index (χ2v) is 9.43. The van der Waals surface area contributed by atoms with Gasteiger partial charge in [0.25, 0.3) is 0 Å². The maximum Gasteiger partial charge on any atom is 0.244 e. The predicted octanol–water partition coefficient (Wildman–Crippen LogP) is 0.909. The number of aromatic nitrogens is 4. The lowest BCUT2D eigenvalue weighted by Crippen LogP contribution is -2.40. The Morgan fingerprint density at radius 2 is 1.09 bits per heavy atom. The smallest absolute Gasteiger partial charge is 0.244 e. The zero-order chi connectivity index (χ0) is 22.6. The van der Waals surface area contributed by atoms with Gasteiger partial charge in [-0.15, -0.1) is 0 Å². The number of hydrogen-bond acceptors (Lipinski definition) is 6. The monoisotopic (exact) mass is 440 g/mol. The first-order valence-electron chi connectivity index (χ1n) is 11.5. The highest BCUT2D eigenvalue weighted by atomic mass is 16.2. The molecular formula is C22H32N8O2. The van der Waals surface area contributed by atoms with Gasteiger partial charge >= 0.3 is 0 Å². The Morgan fingerprint density at radius 3 is 1.44 bits per heavy atom. The normalized spacial score (nSPS) is 25.5. The molecule has 0 unspecified atom stereocenters. The van der Waals surface area contributed by atoms with Crippen molar-refractivity contribution in [2.24, 2.45) is 11.5 Å². The molecule has 4 N–H and O–H groups in total. The van der Waals surface area contributed by atoms with E-state index in [0.717, 1.165) is 36.1 Å². The van der Waals surface area contributed by atoms with E-state index in [2.05, 4.69) is 10.2 Å². The van der Waals surface area contributed by atoms with Gasteiger partial charge in [-0.25, -0.2) is 9.36 Å². The topological polar surface area (TPSA) is 128 Å². The lowest BCUT2D eigenvalue weighted by atomic mass is 10.2. The summed E-state index contributed by atoms with van der Waals surface area (Å²) in [5, 5.41) is 9.12. The fraction of sp³-hybridized carbons (Fsp3) is 0.636. The van der Waals surface area contributed by atoms with E-state index in [1.807, 2.05) is 21.5 Å².